The van der Waals surface area contributed by atoms with E-state index < -0.39 is 5.92 Å². The third-order valence-corrected chi connectivity index (χ3v) is 8.70. The number of hydrogen-bond acceptors (Lipinski definition) is 10. The van der Waals surface area contributed by atoms with Crippen molar-refractivity contribution in [1.82, 2.24) is 15.0 Å². The highest BCUT2D eigenvalue weighted by Crippen LogP contribution is 2.56. The molecule has 0 bridgehead atoms. The van der Waals surface area contributed by atoms with Gasteiger partial charge in [0.05, 0.1) is 63.3 Å². The lowest BCUT2D eigenvalue weighted by atomic mass is 9.65. The number of halogens is 1. The van der Waals surface area contributed by atoms with Crippen LogP contribution in [0.3, 0.4) is 0 Å². The average Bonchev–Trinajstić information content (AvgIpc) is 3.78. The zero-order valence-electron chi connectivity index (χ0n) is 23.7. The minimum Gasteiger partial charge on any atom is -0.493 e. The SMILES string of the molecule is COc1cc([C@@H]2c3cc4c(cc3[C@@H](n3cc(CNc5ccccc5Cl)nn3)[C@H]3COC(=O)[C@H]23)OCO4)cc(OC)c1OC. The number of fused-ring (bicyclic) bond motifs is 3. The molecule has 222 valence electrons. The van der Waals surface area contributed by atoms with Crippen LogP contribution in [0.4, 0.5) is 5.69 Å². The van der Waals surface area contributed by atoms with Crippen LogP contribution in [-0.4, -0.2) is 55.7 Å². The zero-order valence-corrected chi connectivity index (χ0v) is 24.5. The van der Waals surface area contributed by atoms with Crippen LogP contribution >= 0.6 is 11.6 Å². The topological polar surface area (TPSA) is 115 Å². The van der Waals surface area contributed by atoms with Crippen molar-refractivity contribution in [2.75, 3.05) is 40.0 Å². The van der Waals surface area contributed by atoms with Gasteiger partial charge in [-0.05, 0) is 53.1 Å². The second-order valence-electron chi connectivity index (χ2n) is 10.6. The molecular formula is C31H29ClN4O7. The van der Waals surface area contributed by atoms with Gasteiger partial charge in [-0.25, -0.2) is 4.68 Å². The lowest BCUT2D eigenvalue weighted by Crippen LogP contribution is -2.37. The van der Waals surface area contributed by atoms with Gasteiger partial charge in [-0.15, -0.1) is 5.10 Å². The molecule has 2 aliphatic heterocycles. The van der Waals surface area contributed by atoms with Crippen molar-refractivity contribution in [2.45, 2.75) is 18.5 Å². The monoisotopic (exact) mass is 604 g/mol. The molecule has 0 saturated carbocycles. The fourth-order valence-electron chi connectivity index (χ4n) is 6.47. The Kier molecular flexibility index (Phi) is 6.89. The van der Waals surface area contributed by atoms with Gasteiger partial charge >= 0.3 is 5.97 Å². The minimum absolute atomic E-state index is 0.119. The van der Waals surface area contributed by atoms with Crippen molar-refractivity contribution in [3.05, 3.63) is 82.1 Å². The molecule has 12 heteroatoms. The number of carbonyl (C=O) groups is 1. The molecule has 3 heterocycles. The third-order valence-electron chi connectivity index (χ3n) is 8.37. The van der Waals surface area contributed by atoms with E-state index in [4.69, 9.17) is 40.0 Å². The van der Waals surface area contributed by atoms with Gasteiger partial charge in [0.2, 0.25) is 12.5 Å². The molecule has 1 N–H and O–H groups in total. The number of methoxy groups -OCH3 is 3. The lowest BCUT2D eigenvalue weighted by Gasteiger charge is -2.39. The van der Waals surface area contributed by atoms with Crippen molar-refractivity contribution < 1.29 is 33.2 Å². The Bertz CT molecular complexity index is 1680. The molecule has 3 aromatic carbocycles. The van der Waals surface area contributed by atoms with Crippen LogP contribution in [0.5, 0.6) is 28.7 Å². The average molecular weight is 605 g/mol. The second-order valence-corrected chi connectivity index (χ2v) is 11.0. The molecule has 1 fully saturated rings. The Labute approximate surface area is 252 Å². The molecule has 1 saturated heterocycles. The highest BCUT2D eigenvalue weighted by Gasteiger charge is 2.53. The van der Waals surface area contributed by atoms with Gasteiger partial charge in [0.1, 0.15) is 5.69 Å². The van der Waals surface area contributed by atoms with Crippen LogP contribution in [-0.2, 0) is 16.1 Å². The number of nitrogens with one attached hydrogen (secondary N) is 1. The summed E-state index contributed by atoms with van der Waals surface area (Å²) in [6.07, 6.45) is 1.89. The molecule has 1 aliphatic carbocycles. The van der Waals surface area contributed by atoms with Gasteiger partial charge in [-0.3, -0.25) is 4.79 Å². The number of benzene rings is 3. The number of nitrogens with zero attached hydrogens (tertiary/aromatic N) is 3. The van der Waals surface area contributed by atoms with Crippen LogP contribution in [0, 0.1) is 11.8 Å². The van der Waals surface area contributed by atoms with Crippen molar-refractivity contribution >= 4 is 23.3 Å². The molecular weight excluding hydrogens is 576 g/mol. The van der Waals surface area contributed by atoms with Crippen molar-refractivity contribution in [2.24, 2.45) is 11.8 Å². The molecule has 3 aliphatic rings. The van der Waals surface area contributed by atoms with Crippen LogP contribution in [0.25, 0.3) is 0 Å². The van der Waals surface area contributed by atoms with Crippen molar-refractivity contribution in [3.63, 3.8) is 0 Å². The molecule has 0 amide bonds. The summed E-state index contributed by atoms with van der Waals surface area (Å²) in [5, 5.41) is 12.9. The number of rotatable bonds is 8. The number of aromatic nitrogens is 3. The van der Waals surface area contributed by atoms with E-state index in [9.17, 15) is 4.79 Å². The Hall–Kier alpha value is -4.64. The van der Waals surface area contributed by atoms with E-state index in [0.29, 0.717) is 40.3 Å². The van der Waals surface area contributed by atoms with E-state index >= 15 is 0 Å². The van der Waals surface area contributed by atoms with Crippen LogP contribution in [0.15, 0.2) is 54.7 Å². The van der Waals surface area contributed by atoms with Crippen LogP contribution < -0.4 is 29.0 Å². The van der Waals surface area contributed by atoms with Gasteiger partial charge in [0, 0.05) is 11.8 Å². The summed E-state index contributed by atoms with van der Waals surface area (Å²) in [5.41, 5.74) is 4.19. The van der Waals surface area contributed by atoms with Gasteiger partial charge in [-0.2, -0.15) is 0 Å². The number of para-hydroxylation sites is 1. The normalized spacial score (nSPS) is 21.5. The number of ether oxygens (including phenoxy) is 6. The summed E-state index contributed by atoms with van der Waals surface area (Å²) in [4.78, 5) is 13.5. The fraction of sp³-hybridized carbons (Fsp3) is 0.323. The molecule has 1 aromatic heterocycles. The van der Waals surface area contributed by atoms with Crippen LogP contribution in [0.1, 0.15) is 34.3 Å². The van der Waals surface area contributed by atoms with E-state index in [2.05, 4.69) is 15.6 Å². The molecule has 0 unspecified atom stereocenters. The van der Waals surface area contributed by atoms with Gasteiger partial charge in [0.15, 0.2) is 23.0 Å². The van der Waals surface area contributed by atoms with E-state index in [1.807, 2.05) is 59.4 Å². The summed E-state index contributed by atoms with van der Waals surface area (Å²) >= 11 is 6.32. The standard InChI is InChI=1S/C31H29ClN4O7/c1-38-25-8-16(9-26(39-2)30(25)40-3)27-18-10-23-24(43-15-42-23)11-19(18)29(20-14-41-31(37)28(20)27)36-13-17(34-35-36)12-33-22-7-5-4-6-21(22)32/h4-11,13,20,27-29,33H,12,14-15H2,1-3H3/t20-,27+,28-,29+/m0/s1. The summed E-state index contributed by atoms with van der Waals surface area (Å²) in [5.74, 6) is 1.29. The van der Waals surface area contributed by atoms with E-state index in [0.717, 1.165) is 28.1 Å². The summed E-state index contributed by atoms with van der Waals surface area (Å²) < 4.78 is 36.0. The summed E-state index contributed by atoms with van der Waals surface area (Å²) in [6.45, 7) is 0.770. The maximum Gasteiger partial charge on any atom is 0.310 e. The Balaban J connectivity index is 1.34. The fourth-order valence-corrected chi connectivity index (χ4v) is 6.68. The van der Waals surface area contributed by atoms with Crippen LogP contribution in [0.2, 0.25) is 5.02 Å². The van der Waals surface area contributed by atoms with E-state index in [1.165, 1.54) is 0 Å². The largest absolute Gasteiger partial charge is 0.493 e. The van der Waals surface area contributed by atoms with Gasteiger partial charge in [-0.1, -0.05) is 28.9 Å². The summed E-state index contributed by atoms with van der Waals surface area (Å²) in [7, 11) is 4.70. The number of hydrogen-bond donors (Lipinski definition) is 1. The zero-order chi connectivity index (χ0) is 29.7. The molecule has 0 spiro atoms. The highest BCUT2D eigenvalue weighted by molar-refractivity contribution is 6.33. The van der Waals surface area contributed by atoms with Crippen molar-refractivity contribution in [1.29, 1.82) is 0 Å². The van der Waals surface area contributed by atoms with E-state index in [-0.39, 0.29) is 37.2 Å². The number of anilines is 1. The first kappa shape index (κ1) is 27.2. The number of cyclic esters (lactones) is 1. The molecule has 7 rings (SSSR count). The maximum atomic E-state index is 13.5. The molecule has 4 aromatic rings. The highest BCUT2D eigenvalue weighted by atomic mass is 35.5. The number of esters is 1. The Morgan fingerprint density at radius 2 is 1.70 bits per heavy atom. The first-order valence-corrected chi connectivity index (χ1v) is 14.2. The predicted molar refractivity (Wildman–Crippen MR) is 155 cm³/mol. The Morgan fingerprint density at radius 3 is 2.40 bits per heavy atom. The maximum absolute atomic E-state index is 13.5. The number of carbonyl (C=O) groups excluding carboxylic acids is 1. The Morgan fingerprint density at radius 1 is 0.977 bits per heavy atom. The molecule has 43 heavy (non-hydrogen) atoms. The summed E-state index contributed by atoms with van der Waals surface area (Å²) in [6, 6.07) is 14.9. The minimum atomic E-state index is -0.519. The first-order valence-electron chi connectivity index (χ1n) is 13.8. The predicted octanol–water partition coefficient (Wildman–Crippen LogP) is 4.82. The lowest BCUT2D eigenvalue weighted by molar-refractivity contribution is -0.141. The van der Waals surface area contributed by atoms with Gasteiger partial charge in [0.25, 0.3) is 0 Å². The quantitative estimate of drug-likeness (QED) is 0.281. The third kappa shape index (κ3) is 4.55. The van der Waals surface area contributed by atoms with Gasteiger partial charge < -0.3 is 33.7 Å². The van der Waals surface area contributed by atoms with Crippen molar-refractivity contribution in [3.8, 4) is 28.7 Å². The first-order chi connectivity index (χ1) is 21.0. The second kappa shape index (κ2) is 10.9. The molecule has 11 nitrogen and oxygen atoms in total. The van der Waals surface area contributed by atoms with E-state index in [1.54, 1.807) is 21.3 Å². The molecule has 4 atom stereocenters. The smallest absolute Gasteiger partial charge is 0.310 e. The molecule has 0 radical (unpaired) electrons.